The van der Waals surface area contributed by atoms with Crippen molar-refractivity contribution in [2.45, 2.75) is 57.9 Å². The Morgan fingerprint density at radius 2 is 1.67 bits per heavy atom. The summed E-state index contributed by atoms with van der Waals surface area (Å²) >= 11 is 0. The predicted molar refractivity (Wildman–Crippen MR) is 81.9 cm³/mol. The normalized spacial score (nSPS) is 15.2. The Hall–Kier alpha value is 0.01000. The third kappa shape index (κ3) is 9.01. The maximum atomic E-state index is 11.5. The van der Waals surface area contributed by atoms with Gasteiger partial charge in [-0.2, -0.15) is 0 Å². The number of likely N-dealkylation sites (tertiary alicyclic amines) is 1. The van der Waals surface area contributed by atoms with Gasteiger partial charge in [0.05, 0.1) is 6.04 Å². The molecule has 1 amide bonds. The van der Waals surface area contributed by atoms with Crippen molar-refractivity contribution >= 4 is 30.7 Å². The minimum Gasteiger partial charge on any atom is -0.351 e. The van der Waals surface area contributed by atoms with Gasteiger partial charge in [-0.1, -0.05) is 39.0 Å². The van der Waals surface area contributed by atoms with Crippen LogP contribution in [0.4, 0.5) is 0 Å². The van der Waals surface area contributed by atoms with Crippen molar-refractivity contribution in [3.05, 3.63) is 0 Å². The fourth-order valence-corrected chi connectivity index (χ4v) is 2.16. The number of hydrogen-bond donors (Lipinski definition) is 1. The fourth-order valence-electron chi connectivity index (χ4n) is 2.16. The Balaban J connectivity index is 0. The van der Waals surface area contributed by atoms with Crippen LogP contribution < -0.4 is 5.32 Å². The SMILES string of the molecule is CCCCCCCCC(=O)NC1CN(C)C1.Cl.Cl. The second-order valence-electron chi connectivity index (χ2n) is 5.00. The number of likely N-dealkylation sites (N-methyl/N-ethyl adjacent to an activating group) is 1. The highest BCUT2D eigenvalue weighted by molar-refractivity contribution is 5.85. The third-order valence-electron chi connectivity index (χ3n) is 3.19. The second kappa shape index (κ2) is 12.1. The number of nitrogens with one attached hydrogen (secondary N) is 1. The molecule has 1 aliphatic rings. The van der Waals surface area contributed by atoms with Gasteiger partial charge in [0.2, 0.25) is 5.91 Å². The van der Waals surface area contributed by atoms with Gasteiger partial charge in [0.1, 0.15) is 0 Å². The van der Waals surface area contributed by atoms with Gasteiger partial charge < -0.3 is 10.2 Å². The number of halogens is 2. The number of carbonyl (C=O) groups excluding carboxylic acids is 1. The predicted octanol–water partition coefficient (Wildman–Crippen LogP) is 3.01. The second-order valence-corrected chi connectivity index (χ2v) is 5.00. The lowest BCUT2D eigenvalue weighted by Crippen LogP contribution is -2.57. The molecule has 5 heteroatoms. The summed E-state index contributed by atoms with van der Waals surface area (Å²) in [6, 6.07) is 0.414. The molecule has 1 aliphatic heterocycles. The first kappa shape index (κ1) is 20.3. The smallest absolute Gasteiger partial charge is 0.220 e. The number of carbonyl (C=O) groups is 1. The van der Waals surface area contributed by atoms with Crippen LogP contribution >= 0.6 is 24.8 Å². The summed E-state index contributed by atoms with van der Waals surface area (Å²) in [6.45, 7) is 4.26. The summed E-state index contributed by atoms with van der Waals surface area (Å²) in [7, 11) is 2.08. The zero-order valence-corrected chi connectivity index (χ0v) is 13.2. The first-order valence-corrected chi connectivity index (χ1v) is 6.70. The summed E-state index contributed by atoms with van der Waals surface area (Å²) in [6.07, 6.45) is 8.21. The molecule has 0 unspecified atom stereocenters. The van der Waals surface area contributed by atoms with E-state index in [9.17, 15) is 4.79 Å². The molecule has 0 aliphatic carbocycles. The van der Waals surface area contributed by atoms with E-state index in [2.05, 4.69) is 24.2 Å². The minimum absolute atomic E-state index is 0. The maximum Gasteiger partial charge on any atom is 0.220 e. The molecule has 1 rings (SSSR count). The third-order valence-corrected chi connectivity index (χ3v) is 3.19. The molecule has 1 fully saturated rings. The van der Waals surface area contributed by atoms with E-state index in [0.29, 0.717) is 12.5 Å². The molecule has 1 N–H and O–H groups in total. The summed E-state index contributed by atoms with van der Waals surface area (Å²) < 4.78 is 0. The Morgan fingerprint density at radius 1 is 1.11 bits per heavy atom. The average molecular weight is 299 g/mol. The summed E-state index contributed by atoms with van der Waals surface area (Å²) in [5.74, 6) is 0.244. The molecule has 0 bridgehead atoms. The molecule has 0 spiro atoms. The van der Waals surface area contributed by atoms with E-state index in [1.807, 2.05) is 0 Å². The fraction of sp³-hybridized carbons (Fsp3) is 0.923. The van der Waals surface area contributed by atoms with Gasteiger partial charge in [-0.3, -0.25) is 4.79 Å². The molecule has 110 valence electrons. The van der Waals surface area contributed by atoms with Crippen LogP contribution in [0.2, 0.25) is 0 Å². The number of rotatable bonds is 8. The van der Waals surface area contributed by atoms with E-state index in [0.717, 1.165) is 19.5 Å². The lowest BCUT2D eigenvalue weighted by molar-refractivity contribution is -0.122. The van der Waals surface area contributed by atoms with E-state index in [1.54, 1.807) is 0 Å². The highest BCUT2D eigenvalue weighted by Gasteiger charge is 2.23. The first-order chi connectivity index (χ1) is 7.72. The van der Waals surface area contributed by atoms with Crippen LogP contribution in [-0.2, 0) is 4.79 Å². The van der Waals surface area contributed by atoms with Crippen molar-refractivity contribution in [2.75, 3.05) is 20.1 Å². The van der Waals surface area contributed by atoms with Gasteiger partial charge in [-0.15, -0.1) is 24.8 Å². The minimum atomic E-state index is 0. The molecule has 0 aromatic heterocycles. The monoisotopic (exact) mass is 298 g/mol. The highest BCUT2D eigenvalue weighted by Crippen LogP contribution is 2.08. The van der Waals surface area contributed by atoms with Crippen LogP contribution in [0.5, 0.6) is 0 Å². The molecule has 3 nitrogen and oxygen atoms in total. The molecule has 1 heterocycles. The molecule has 0 saturated carbocycles. The van der Waals surface area contributed by atoms with Crippen molar-refractivity contribution in [3.63, 3.8) is 0 Å². The van der Waals surface area contributed by atoms with E-state index in [1.165, 1.54) is 32.1 Å². The van der Waals surface area contributed by atoms with Gasteiger partial charge in [-0.05, 0) is 13.5 Å². The molecular weight excluding hydrogens is 271 g/mol. The zero-order valence-electron chi connectivity index (χ0n) is 11.6. The van der Waals surface area contributed by atoms with E-state index >= 15 is 0 Å². The average Bonchev–Trinajstić information content (AvgIpc) is 2.21. The van der Waals surface area contributed by atoms with Crippen LogP contribution in [0.15, 0.2) is 0 Å². The Labute approximate surface area is 124 Å². The van der Waals surface area contributed by atoms with Crippen LogP contribution in [0, 0.1) is 0 Å². The Bertz CT molecular complexity index is 209. The van der Waals surface area contributed by atoms with Gasteiger partial charge >= 0.3 is 0 Å². The standard InChI is InChI=1S/C13H26N2O.2ClH/c1-3-4-5-6-7-8-9-13(16)14-12-10-15(2)11-12;;/h12H,3-11H2,1-2H3,(H,14,16);2*1H. The Kier molecular flexibility index (Phi) is 13.6. The molecular formula is C13H28Cl2N2O. The van der Waals surface area contributed by atoms with Gasteiger partial charge in [0, 0.05) is 19.5 Å². The number of amides is 1. The van der Waals surface area contributed by atoms with Crippen molar-refractivity contribution in [1.82, 2.24) is 10.2 Å². The largest absolute Gasteiger partial charge is 0.351 e. The molecule has 0 aromatic rings. The first-order valence-electron chi connectivity index (χ1n) is 6.70. The van der Waals surface area contributed by atoms with Crippen molar-refractivity contribution in [3.8, 4) is 0 Å². The number of hydrogen-bond acceptors (Lipinski definition) is 2. The summed E-state index contributed by atoms with van der Waals surface area (Å²) in [5.41, 5.74) is 0. The van der Waals surface area contributed by atoms with Gasteiger partial charge in [-0.25, -0.2) is 0 Å². The van der Waals surface area contributed by atoms with Crippen molar-refractivity contribution < 1.29 is 4.79 Å². The van der Waals surface area contributed by atoms with Crippen LogP contribution in [0.1, 0.15) is 51.9 Å². The molecule has 18 heavy (non-hydrogen) atoms. The van der Waals surface area contributed by atoms with Crippen LogP contribution in [-0.4, -0.2) is 37.0 Å². The summed E-state index contributed by atoms with van der Waals surface area (Å²) in [5, 5.41) is 3.07. The molecule has 0 radical (unpaired) electrons. The lowest BCUT2D eigenvalue weighted by Gasteiger charge is -2.36. The topological polar surface area (TPSA) is 32.3 Å². The maximum absolute atomic E-state index is 11.5. The lowest BCUT2D eigenvalue weighted by atomic mass is 10.1. The quantitative estimate of drug-likeness (QED) is 0.699. The number of nitrogens with zero attached hydrogens (tertiary/aromatic N) is 1. The van der Waals surface area contributed by atoms with Crippen molar-refractivity contribution in [1.29, 1.82) is 0 Å². The van der Waals surface area contributed by atoms with Crippen LogP contribution in [0.25, 0.3) is 0 Å². The van der Waals surface area contributed by atoms with Gasteiger partial charge in [0.25, 0.3) is 0 Å². The molecule has 1 saturated heterocycles. The molecule has 0 atom stereocenters. The van der Waals surface area contributed by atoms with E-state index < -0.39 is 0 Å². The van der Waals surface area contributed by atoms with Gasteiger partial charge in [0.15, 0.2) is 0 Å². The van der Waals surface area contributed by atoms with E-state index in [4.69, 9.17) is 0 Å². The summed E-state index contributed by atoms with van der Waals surface area (Å²) in [4.78, 5) is 13.7. The highest BCUT2D eigenvalue weighted by atomic mass is 35.5. The van der Waals surface area contributed by atoms with Crippen LogP contribution in [0.3, 0.4) is 0 Å². The van der Waals surface area contributed by atoms with E-state index in [-0.39, 0.29) is 30.7 Å². The number of unbranched alkanes of at least 4 members (excludes halogenated alkanes) is 5. The van der Waals surface area contributed by atoms with Crippen molar-refractivity contribution in [2.24, 2.45) is 0 Å². The molecule has 0 aromatic carbocycles. The zero-order chi connectivity index (χ0) is 11.8. The Morgan fingerprint density at radius 3 is 2.22 bits per heavy atom.